The summed E-state index contributed by atoms with van der Waals surface area (Å²) in [6.07, 6.45) is -4.80. The molecule has 7 heteroatoms. The molecule has 2 rings (SSSR count). The summed E-state index contributed by atoms with van der Waals surface area (Å²) in [5.74, 6) is -0.0863. The minimum Gasteiger partial charge on any atom is -0.405 e. The largest absolute Gasteiger partial charge is 0.573 e. The van der Waals surface area contributed by atoms with Gasteiger partial charge in [-0.25, -0.2) is 4.98 Å². The maximum absolute atomic E-state index is 12.3. The van der Waals surface area contributed by atoms with Crippen molar-refractivity contribution in [3.05, 3.63) is 46.5 Å². The van der Waals surface area contributed by atoms with Gasteiger partial charge in [-0.05, 0) is 19.1 Å². The number of benzene rings is 1. The van der Waals surface area contributed by atoms with Crippen LogP contribution >= 0.6 is 0 Å². The Morgan fingerprint density at radius 3 is 2.58 bits per heavy atom. The lowest BCUT2D eigenvalue weighted by molar-refractivity contribution is -0.274. The van der Waals surface area contributed by atoms with Gasteiger partial charge in [0, 0.05) is 11.6 Å². The minimum atomic E-state index is -4.80. The van der Waals surface area contributed by atoms with E-state index < -0.39 is 17.7 Å². The van der Waals surface area contributed by atoms with E-state index in [0.717, 1.165) is 6.07 Å². The van der Waals surface area contributed by atoms with Crippen LogP contribution in [0, 0.1) is 6.92 Å². The maximum Gasteiger partial charge on any atom is 0.573 e. The van der Waals surface area contributed by atoms with E-state index in [2.05, 4.69) is 14.7 Å². The molecule has 0 saturated carbocycles. The van der Waals surface area contributed by atoms with Crippen LogP contribution in [0.15, 0.2) is 35.1 Å². The molecule has 4 nitrogen and oxygen atoms in total. The second kappa shape index (κ2) is 4.75. The van der Waals surface area contributed by atoms with Crippen molar-refractivity contribution in [1.29, 1.82) is 0 Å². The predicted octanol–water partition coefficient (Wildman–Crippen LogP) is 2.64. The van der Waals surface area contributed by atoms with Crippen molar-refractivity contribution in [1.82, 2.24) is 9.97 Å². The molecule has 0 unspecified atom stereocenters. The Hall–Kier alpha value is -2.31. The van der Waals surface area contributed by atoms with Gasteiger partial charge >= 0.3 is 6.36 Å². The van der Waals surface area contributed by atoms with Crippen LogP contribution in [0.4, 0.5) is 13.2 Å². The summed E-state index contributed by atoms with van der Waals surface area (Å²) in [4.78, 5) is 17.7. The Labute approximate surface area is 105 Å². The van der Waals surface area contributed by atoms with Crippen LogP contribution in [0.3, 0.4) is 0 Å². The number of nitrogens with one attached hydrogen (secondary N) is 1. The van der Waals surface area contributed by atoms with Gasteiger partial charge in [-0.3, -0.25) is 4.79 Å². The van der Waals surface area contributed by atoms with Gasteiger partial charge < -0.3 is 9.72 Å². The van der Waals surface area contributed by atoms with Crippen molar-refractivity contribution in [2.45, 2.75) is 13.3 Å². The molecule has 0 aliphatic carbocycles. The summed E-state index contributed by atoms with van der Waals surface area (Å²) < 4.78 is 40.8. The van der Waals surface area contributed by atoms with Crippen molar-refractivity contribution in [3.8, 4) is 17.0 Å². The Morgan fingerprint density at radius 1 is 1.26 bits per heavy atom. The van der Waals surface area contributed by atoms with E-state index in [1.165, 1.54) is 31.2 Å². The number of alkyl halides is 3. The molecule has 1 aromatic carbocycles. The normalized spacial score (nSPS) is 11.4. The first-order chi connectivity index (χ1) is 8.85. The van der Waals surface area contributed by atoms with Gasteiger partial charge in [0.25, 0.3) is 5.56 Å². The Bertz CT molecular complexity index is 650. The molecule has 0 fully saturated rings. The topological polar surface area (TPSA) is 55.0 Å². The zero-order valence-corrected chi connectivity index (χ0v) is 9.78. The highest BCUT2D eigenvalue weighted by Gasteiger charge is 2.32. The van der Waals surface area contributed by atoms with Gasteiger partial charge in [0.1, 0.15) is 11.6 Å². The molecular weight excluding hydrogens is 261 g/mol. The van der Waals surface area contributed by atoms with Crippen LogP contribution < -0.4 is 10.3 Å². The van der Waals surface area contributed by atoms with Crippen molar-refractivity contribution in [3.63, 3.8) is 0 Å². The Morgan fingerprint density at radius 2 is 1.95 bits per heavy atom. The van der Waals surface area contributed by atoms with Gasteiger partial charge in [-0.2, -0.15) is 0 Å². The van der Waals surface area contributed by atoms with Crippen LogP contribution in [0.5, 0.6) is 5.75 Å². The van der Waals surface area contributed by atoms with Gasteiger partial charge in [-0.15, -0.1) is 13.2 Å². The number of halogens is 3. The Balaban J connectivity index is 2.53. The lowest BCUT2D eigenvalue weighted by atomic mass is 10.1. The fourth-order valence-electron chi connectivity index (χ4n) is 1.61. The second-order valence-corrected chi connectivity index (χ2v) is 3.76. The summed E-state index contributed by atoms with van der Waals surface area (Å²) in [6.45, 7) is 1.54. The van der Waals surface area contributed by atoms with E-state index >= 15 is 0 Å². The summed E-state index contributed by atoms with van der Waals surface area (Å²) in [5.41, 5.74) is -0.209. The monoisotopic (exact) mass is 270 g/mol. The van der Waals surface area contributed by atoms with Crippen molar-refractivity contribution in [2.75, 3.05) is 0 Å². The van der Waals surface area contributed by atoms with E-state index in [4.69, 9.17) is 0 Å². The number of aryl methyl sites for hydroxylation is 1. The third-order valence-electron chi connectivity index (χ3n) is 2.25. The van der Waals surface area contributed by atoms with Crippen LogP contribution in [0.1, 0.15) is 5.82 Å². The fourth-order valence-corrected chi connectivity index (χ4v) is 1.61. The quantitative estimate of drug-likeness (QED) is 0.912. The molecular formula is C12H9F3N2O2. The summed E-state index contributed by atoms with van der Waals surface area (Å²) >= 11 is 0. The number of hydrogen-bond donors (Lipinski definition) is 1. The molecule has 0 saturated heterocycles. The van der Waals surface area contributed by atoms with E-state index in [1.807, 2.05) is 0 Å². The molecule has 1 aromatic heterocycles. The molecule has 0 spiro atoms. The molecule has 1 heterocycles. The standard InChI is InChI=1S/C12H9F3N2O2/c1-7-16-9(6-11(18)17-7)8-4-2-3-5-10(8)19-12(13,14)15/h2-6H,1H3,(H,16,17,18). The molecule has 0 amide bonds. The first kappa shape index (κ1) is 13.1. The van der Waals surface area contributed by atoms with Gasteiger partial charge in [0.2, 0.25) is 0 Å². The lowest BCUT2D eigenvalue weighted by Crippen LogP contribution is -2.18. The average Bonchev–Trinajstić information content (AvgIpc) is 2.26. The van der Waals surface area contributed by atoms with Crippen molar-refractivity contribution >= 4 is 0 Å². The maximum atomic E-state index is 12.3. The molecule has 0 bridgehead atoms. The molecule has 19 heavy (non-hydrogen) atoms. The van der Waals surface area contributed by atoms with E-state index in [9.17, 15) is 18.0 Å². The number of nitrogens with zero attached hydrogens (tertiary/aromatic N) is 1. The molecule has 0 radical (unpaired) electrons. The van der Waals surface area contributed by atoms with Crippen molar-refractivity contribution < 1.29 is 17.9 Å². The highest BCUT2D eigenvalue weighted by molar-refractivity contribution is 5.66. The van der Waals surface area contributed by atoms with E-state index in [-0.39, 0.29) is 11.3 Å². The lowest BCUT2D eigenvalue weighted by Gasteiger charge is -2.12. The average molecular weight is 270 g/mol. The highest BCUT2D eigenvalue weighted by Crippen LogP contribution is 2.32. The SMILES string of the molecule is Cc1nc(-c2ccccc2OC(F)(F)F)cc(=O)[nH]1. The number of ether oxygens (including phenoxy) is 1. The van der Waals surface area contributed by atoms with Gasteiger partial charge in [0.15, 0.2) is 0 Å². The number of H-pyrrole nitrogens is 1. The van der Waals surface area contributed by atoms with Crippen LogP contribution in [0.2, 0.25) is 0 Å². The van der Waals surface area contributed by atoms with Crippen molar-refractivity contribution in [2.24, 2.45) is 0 Å². The fraction of sp³-hybridized carbons (Fsp3) is 0.167. The number of aromatic nitrogens is 2. The highest BCUT2D eigenvalue weighted by atomic mass is 19.4. The molecule has 1 N–H and O–H groups in total. The van der Waals surface area contributed by atoms with E-state index in [1.54, 1.807) is 0 Å². The summed E-state index contributed by atoms with van der Waals surface area (Å²) in [6, 6.07) is 6.64. The van der Waals surface area contributed by atoms with Crippen LogP contribution in [-0.2, 0) is 0 Å². The molecule has 0 aliphatic heterocycles. The van der Waals surface area contributed by atoms with Gasteiger partial charge in [-0.1, -0.05) is 12.1 Å². The van der Waals surface area contributed by atoms with Crippen LogP contribution in [-0.4, -0.2) is 16.3 Å². The third kappa shape index (κ3) is 3.34. The number of hydrogen-bond acceptors (Lipinski definition) is 3. The zero-order chi connectivity index (χ0) is 14.0. The number of aromatic amines is 1. The number of para-hydroxylation sites is 1. The zero-order valence-electron chi connectivity index (χ0n) is 9.78. The summed E-state index contributed by atoms with van der Waals surface area (Å²) in [5, 5.41) is 0. The predicted molar refractivity (Wildman–Crippen MR) is 61.7 cm³/mol. The first-order valence-electron chi connectivity index (χ1n) is 5.28. The Kier molecular flexibility index (Phi) is 3.28. The third-order valence-corrected chi connectivity index (χ3v) is 2.25. The minimum absolute atomic E-state index is 0.106. The van der Waals surface area contributed by atoms with E-state index in [0.29, 0.717) is 5.82 Å². The smallest absolute Gasteiger partial charge is 0.405 e. The summed E-state index contributed by atoms with van der Waals surface area (Å²) in [7, 11) is 0. The molecule has 2 aromatic rings. The number of rotatable bonds is 2. The van der Waals surface area contributed by atoms with Gasteiger partial charge in [0.05, 0.1) is 5.69 Å². The molecule has 100 valence electrons. The molecule has 0 atom stereocenters. The second-order valence-electron chi connectivity index (χ2n) is 3.76. The molecule has 0 aliphatic rings. The first-order valence-corrected chi connectivity index (χ1v) is 5.28. The van der Waals surface area contributed by atoms with Crippen LogP contribution in [0.25, 0.3) is 11.3 Å².